The maximum atomic E-state index is 5.64. The van der Waals surface area contributed by atoms with Crippen molar-refractivity contribution in [2.75, 3.05) is 6.61 Å². The molecule has 0 spiro atoms. The van der Waals surface area contributed by atoms with Crippen molar-refractivity contribution in [3.8, 4) is 0 Å². The molecule has 1 heterocycles. The Hall–Kier alpha value is -0.300. The highest BCUT2D eigenvalue weighted by Crippen LogP contribution is 2.35. The van der Waals surface area contributed by atoms with E-state index < -0.39 is 0 Å². The van der Waals surface area contributed by atoms with Gasteiger partial charge in [-0.05, 0) is 11.0 Å². The van der Waals surface area contributed by atoms with Crippen LogP contribution in [0.2, 0.25) is 0 Å². The standard InChI is InChI=1S/C10H18O/c1-7-6-11-9(8(7)2)10(3,4)5/h7,9H,2,6H2,1,3-5H3. The smallest absolute Gasteiger partial charge is 0.0834 e. The van der Waals surface area contributed by atoms with Crippen LogP contribution in [-0.4, -0.2) is 12.7 Å². The number of ether oxygens (including phenoxy) is 1. The van der Waals surface area contributed by atoms with Crippen molar-refractivity contribution >= 4 is 0 Å². The minimum absolute atomic E-state index is 0.210. The van der Waals surface area contributed by atoms with Crippen LogP contribution in [0.1, 0.15) is 27.7 Å². The third kappa shape index (κ3) is 1.64. The summed E-state index contributed by atoms with van der Waals surface area (Å²) in [4.78, 5) is 0. The van der Waals surface area contributed by atoms with Crippen LogP contribution in [0.15, 0.2) is 12.2 Å². The lowest BCUT2D eigenvalue weighted by molar-refractivity contribution is 0.0423. The molecule has 1 aliphatic heterocycles. The zero-order chi connectivity index (χ0) is 8.65. The fourth-order valence-electron chi connectivity index (χ4n) is 1.52. The molecule has 0 aromatic heterocycles. The minimum atomic E-state index is 0.210. The predicted octanol–water partition coefficient (Wildman–Crippen LogP) is 2.62. The molecule has 0 amide bonds. The lowest BCUT2D eigenvalue weighted by Crippen LogP contribution is -2.26. The highest BCUT2D eigenvalue weighted by atomic mass is 16.5. The Morgan fingerprint density at radius 2 is 2.00 bits per heavy atom. The van der Waals surface area contributed by atoms with E-state index in [1.165, 1.54) is 5.57 Å². The summed E-state index contributed by atoms with van der Waals surface area (Å²) < 4.78 is 5.64. The zero-order valence-electron chi connectivity index (χ0n) is 7.98. The predicted molar refractivity (Wildman–Crippen MR) is 47.5 cm³/mol. The van der Waals surface area contributed by atoms with Gasteiger partial charge in [-0.3, -0.25) is 0 Å². The normalized spacial score (nSPS) is 32.9. The number of hydrogen-bond donors (Lipinski definition) is 0. The van der Waals surface area contributed by atoms with Crippen LogP contribution in [0.25, 0.3) is 0 Å². The van der Waals surface area contributed by atoms with Crippen LogP contribution in [0.4, 0.5) is 0 Å². The van der Waals surface area contributed by atoms with Gasteiger partial charge in [-0.2, -0.15) is 0 Å². The summed E-state index contributed by atoms with van der Waals surface area (Å²) in [5.41, 5.74) is 1.47. The van der Waals surface area contributed by atoms with E-state index in [2.05, 4.69) is 34.3 Å². The first-order chi connectivity index (χ1) is 4.93. The van der Waals surface area contributed by atoms with Crippen LogP contribution in [0.5, 0.6) is 0 Å². The lowest BCUT2D eigenvalue weighted by atomic mass is 9.83. The SMILES string of the molecule is C=C1C(C)COC1C(C)(C)C. The van der Waals surface area contributed by atoms with Gasteiger partial charge in [0.2, 0.25) is 0 Å². The quantitative estimate of drug-likeness (QED) is 0.487. The van der Waals surface area contributed by atoms with Crippen molar-refractivity contribution < 1.29 is 4.74 Å². The summed E-state index contributed by atoms with van der Waals surface area (Å²) in [5.74, 6) is 0.541. The van der Waals surface area contributed by atoms with E-state index >= 15 is 0 Å². The largest absolute Gasteiger partial charge is 0.373 e. The Morgan fingerprint density at radius 3 is 2.18 bits per heavy atom. The molecule has 1 heteroatoms. The molecule has 0 saturated carbocycles. The molecule has 0 N–H and O–H groups in total. The second-order valence-corrected chi connectivity index (χ2v) is 4.56. The fourth-order valence-corrected chi connectivity index (χ4v) is 1.52. The van der Waals surface area contributed by atoms with Gasteiger partial charge in [0.15, 0.2) is 0 Å². The Kier molecular flexibility index (Phi) is 2.10. The summed E-state index contributed by atoms with van der Waals surface area (Å²) in [6.45, 7) is 13.7. The molecule has 1 saturated heterocycles. The highest BCUT2D eigenvalue weighted by molar-refractivity contribution is 5.14. The Balaban J connectivity index is 2.70. The molecule has 0 aliphatic carbocycles. The maximum Gasteiger partial charge on any atom is 0.0834 e. The molecule has 0 aromatic rings. The second-order valence-electron chi connectivity index (χ2n) is 4.56. The van der Waals surface area contributed by atoms with Gasteiger partial charge in [-0.25, -0.2) is 0 Å². The van der Waals surface area contributed by atoms with Gasteiger partial charge in [0.05, 0.1) is 12.7 Å². The summed E-state index contributed by atoms with van der Waals surface area (Å²) >= 11 is 0. The molecule has 0 radical (unpaired) electrons. The van der Waals surface area contributed by atoms with E-state index in [-0.39, 0.29) is 11.5 Å². The van der Waals surface area contributed by atoms with E-state index in [0.29, 0.717) is 5.92 Å². The molecular weight excluding hydrogens is 136 g/mol. The first-order valence-corrected chi connectivity index (χ1v) is 4.23. The monoisotopic (exact) mass is 154 g/mol. The van der Waals surface area contributed by atoms with E-state index in [1.54, 1.807) is 0 Å². The maximum absolute atomic E-state index is 5.64. The molecule has 11 heavy (non-hydrogen) atoms. The number of hydrogen-bond acceptors (Lipinski definition) is 1. The van der Waals surface area contributed by atoms with Crippen molar-refractivity contribution in [1.29, 1.82) is 0 Å². The second kappa shape index (κ2) is 2.63. The first kappa shape index (κ1) is 8.79. The Labute approximate surface area is 69.4 Å². The summed E-state index contributed by atoms with van der Waals surface area (Å²) in [6, 6.07) is 0. The molecule has 1 rings (SSSR count). The van der Waals surface area contributed by atoms with Crippen molar-refractivity contribution in [2.45, 2.75) is 33.8 Å². The van der Waals surface area contributed by atoms with E-state index in [4.69, 9.17) is 4.74 Å². The Morgan fingerprint density at radius 1 is 1.45 bits per heavy atom. The van der Waals surface area contributed by atoms with E-state index in [1.807, 2.05) is 0 Å². The number of rotatable bonds is 0. The molecule has 0 aromatic carbocycles. The van der Waals surface area contributed by atoms with Gasteiger partial charge < -0.3 is 4.74 Å². The lowest BCUT2D eigenvalue weighted by Gasteiger charge is -2.27. The summed E-state index contributed by atoms with van der Waals surface area (Å²) in [7, 11) is 0. The van der Waals surface area contributed by atoms with Crippen LogP contribution in [0.3, 0.4) is 0 Å². The van der Waals surface area contributed by atoms with Crippen LogP contribution in [-0.2, 0) is 4.74 Å². The van der Waals surface area contributed by atoms with Crippen molar-refractivity contribution in [2.24, 2.45) is 11.3 Å². The molecule has 64 valence electrons. The molecular formula is C10H18O. The zero-order valence-corrected chi connectivity index (χ0v) is 7.98. The third-order valence-electron chi connectivity index (χ3n) is 2.27. The average Bonchev–Trinajstić information content (AvgIpc) is 2.11. The molecule has 0 bridgehead atoms. The summed E-state index contributed by atoms with van der Waals surface area (Å²) in [6.07, 6.45) is 0.262. The van der Waals surface area contributed by atoms with Crippen molar-refractivity contribution in [3.63, 3.8) is 0 Å². The highest BCUT2D eigenvalue weighted by Gasteiger charge is 2.35. The van der Waals surface area contributed by atoms with E-state index in [9.17, 15) is 0 Å². The molecule has 2 unspecified atom stereocenters. The van der Waals surface area contributed by atoms with Crippen LogP contribution >= 0.6 is 0 Å². The topological polar surface area (TPSA) is 9.23 Å². The van der Waals surface area contributed by atoms with Crippen LogP contribution in [0, 0.1) is 11.3 Å². The van der Waals surface area contributed by atoms with Gasteiger partial charge in [-0.15, -0.1) is 0 Å². The molecule has 2 atom stereocenters. The van der Waals surface area contributed by atoms with Crippen molar-refractivity contribution in [3.05, 3.63) is 12.2 Å². The minimum Gasteiger partial charge on any atom is -0.373 e. The molecule has 1 fully saturated rings. The van der Waals surface area contributed by atoms with E-state index in [0.717, 1.165) is 6.61 Å². The van der Waals surface area contributed by atoms with Gasteiger partial charge in [-0.1, -0.05) is 34.3 Å². The fraction of sp³-hybridized carbons (Fsp3) is 0.800. The Bertz CT molecular complexity index is 164. The molecule has 1 nitrogen and oxygen atoms in total. The van der Waals surface area contributed by atoms with Gasteiger partial charge >= 0.3 is 0 Å². The van der Waals surface area contributed by atoms with Gasteiger partial charge in [0, 0.05) is 5.92 Å². The van der Waals surface area contributed by atoms with Gasteiger partial charge in [0.1, 0.15) is 0 Å². The first-order valence-electron chi connectivity index (χ1n) is 4.23. The van der Waals surface area contributed by atoms with Gasteiger partial charge in [0.25, 0.3) is 0 Å². The average molecular weight is 154 g/mol. The molecule has 1 aliphatic rings. The van der Waals surface area contributed by atoms with Crippen LogP contribution < -0.4 is 0 Å². The van der Waals surface area contributed by atoms with Crippen molar-refractivity contribution in [1.82, 2.24) is 0 Å². The summed E-state index contributed by atoms with van der Waals surface area (Å²) in [5, 5.41) is 0. The third-order valence-corrected chi connectivity index (χ3v) is 2.27.